The Bertz CT molecular complexity index is 537. The van der Waals surface area contributed by atoms with Gasteiger partial charge in [-0.15, -0.1) is 29.1 Å². The van der Waals surface area contributed by atoms with E-state index in [9.17, 15) is 4.79 Å². The van der Waals surface area contributed by atoms with Crippen molar-refractivity contribution in [2.75, 3.05) is 6.54 Å². The van der Waals surface area contributed by atoms with Crippen LogP contribution in [-0.2, 0) is 11.2 Å². The minimum absolute atomic E-state index is 0.0917. The van der Waals surface area contributed by atoms with Crippen LogP contribution in [0.3, 0.4) is 0 Å². The van der Waals surface area contributed by atoms with Gasteiger partial charge in [-0.2, -0.15) is 0 Å². The summed E-state index contributed by atoms with van der Waals surface area (Å²) < 4.78 is 0. The highest BCUT2D eigenvalue weighted by atomic mass is 32.1. The average molecular weight is 262 g/mol. The fraction of sp³-hybridized carbons (Fsp3) is 0.167. The number of carbonyl (C=O) groups is 1. The van der Waals surface area contributed by atoms with Gasteiger partial charge in [0.05, 0.1) is 23.5 Å². The minimum Gasteiger partial charge on any atom is -0.345 e. The van der Waals surface area contributed by atoms with Gasteiger partial charge in [0.2, 0.25) is 5.91 Å². The fourth-order valence-corrected chi connectivity index (χ4v) is 2.91. The molecule has 5 heteroatoms. The van der Waals surface area contributed by atoms with Crippen LogP contribution < -0.4 is 5.32 Å². The van der Waals surface area contributed by atoms with E-state index in [2.05, 4.69) is 16.2 Å². The van der Waals surface area contributed by atoms with E-state index in [1.807, 2.05) is 22.9 Å². The van der Waals surface area contributed by atoms with Crippen molar-refractivity contribution in [2.45, 2.75) is 6.42 Å². The molecule has 0 spiro atoms. The molecule has 17 heavy (non-hydrogen) atoms. The van der Waals surface area contributed by atoms with Gasteiger partial charge in [-0.3, -0.25) is 4.79 Å². The molecular formula is C12H10N2OS2. The molecule has 0 fully saturated rings. The monoisotopic (exact) mass is 262 g/mol. The molecule has 0 aliphatic heterocycles. The second-order valence-corrected chi connectivity index (χ2v) is 5.08. The van der Waals surface area contributed by atoms with Crippen LogP contribution in [0.1, 0.15) is 5.69 Å². The molecule has 0 radical (unpaired) electrons. The van der Waals surface area contributed by atoms with Gasteiger partial charge in [0, 0.05) is 5.38 Å². The predicted molar refractivity (Wildman–Crippen MR) is 71.0 cm³/mol. The molecule has 0 bridgehead atoms. The highest BCUT2D eigenvalue weighted by molar-refractivity contribution is 7.20. The standard InChI is InChI=1S/C12H10N2OS2/c1-2-5-13-11(15)7-9-8-17-12(14-9)10-4-3-6-16-10/h1,3-4,6,8H,5,7H2,(H,13,15). The lowest BCUT2D eigenvalue weighted by Gasteiger charge is -1.97. The van der Waals surface area contributed by atoms with Gasteiger partial charge in [0.1, 0.15) is 5.01 Å². The Morgan fingerprint density at radius 1 is 1.53 bits per heavy atom. The molecule has 2 aromatic heterocycles. The predicted octanol–water partition coefficient (Wildman–Crippen LogP) is 2.16. The van der Waals surface area contributed by atoms with Gasteiger partial charge in [-0.05, 0) is 11.4 Å². The lowest BCUT2D eigenvalue weighted by molar-refractivity contribution is -0.120. The number of aromatic nitrogens is 1. The molecule has 2 aromatic rings. The van der Waals surface area contributed by atoms with Crippen molar-refractivity contribution in [2.24, 2.45) is 0 Å². The molecule has 0 aliphatic carbocycles. The van der Waals surface area contributed by atoms with Gasteiger partial charge < -0.3 is 5.32 Å². The number of nitrogens with zero attached hydrogens (tertiary/aromatic N) is 1. The van der Waals surface area contributed by atoms with Gasteiger partial charge >= 0.3 is 0 Å². The van der Waals surface area contributed by atoms with Crippen molar-refractivity contribution in [3.05, 3.63) is 28.6 Å². The number of nitrogens with one attached hydrogen (secondary N) is 1. The maximum atomic E-state index is 11.4. The summed E-state index contributed by atoms with van der Waals surface area (Å²) in [6.07, 6.45) is 5.34. The van der Waals surface area contributed by atoms with Crippen molar-refractivity contribution < 1.29 is 4.79 Å². The lowest BCUT2D eigenvalue weighted by Crippen LogP contribution is -2.25. The van der Waals surface area contributed by atoms with E-state index in [0.29, 0.717) is 0 Å². The second kappa shape index (κ2) is 5.62. The second-order valence-electron chi connectivity index (χ2n) is 3.28. The third-order valence-electron chi connectivity index (χ3n) is 2.01. The molecule has 2 rings (SSSR count). The van der Waals surface area contributed by atoms with Crippen molar-refractivity contribution in [1.29, 1.82) is 0 Å². The van der Waals surface area contributed by atoms with Crippen LogP contribution >= 0.6 is 22.7 Å². The maximum absolute atomic E-state index is 11.4. The zero-order valence-electron chi connectivity index (χ0n) is 8.97. The summed E-state index contributed by atoms with van der Waals surface area (Å²) in [4.78, 5) is 17.0. The zero-order valence-corrected chi connectivity index (χ0v) is 10.6. The van der Waals surface area contributed by atoms with Crippen LogP contribution in [0.5, 0.6) is 0 Å². The Hall–Kier alpha value is -1.64. The number of carbonyl (C=O) groups excluding carboxylic acids is 1. The molecule has 2 heterocycles. The smallest absolute Gasteiger partial charge is 0.226 e. The van der Waals surface area contributed by atoms with Crippen LogP contribution in [0.15, 0.2) is 22.9 Å². The van der Waals surface area contributed by atoms with Crippen molar-refractivity contribution in [3.63, 3.8) is 0 Å². The van der Waals surface area contributed by atoms with Crippen LogP contribution in [0.25, 0.3) is 9.88 Å². The molecule has 1 N–H and O–H groups in total. The SMILES string of the molecule is C#CCNC(=O)Cc1csc(-c2cccs2)n1. The number of terminal acetylenes is 1. The summed E-state index contributed by atoms with van der Waals surface area (Å²) in [6.45, 7) is 0.265. The number of thiazole rings is 1. The maximum Gasteiger partial charge on any atom is 0.226 e. The molecule has 0 atom stereocenters. The average Bonchev–Trinajstić information content (AvgIpc) is 2.95. The minimum atomic E-state index is -0.0917. The van der Waals surface area contributed by atoms with Gasteiger partial charge in [-0.1, -0.05) is 12.0 Å². The van der Waals surface area contributed by atoms with E-state index < -0.39 is 0 Å². The first kappa shape index (κ1) is 11.8. The first-order chi connectivity index (χ1) is 8.29. The largest absolute Gasteiger partial charge is 0.345 e. The topological polar surface area (TPSA) is 42.0 Å². The van der Waals surface area contributed by atoms with E-state index in [-0.39, 0.29) is 18.9 Å². The summed E-state index contributed by atoms with van der Waals surface area (Å²) in [5, 5.41) is 7.49. The summed E-state index contributed by atoms with van der Waals surface area (Å²) in [7, 11) is 0. The summed E-state index contributed by atoms with van der Waals surface area (Å²) in [5.41, 5.74) is 0.785. The van der Waals surface area contributed by atoms with Crippen LogP contribution in [0, 0.1) is 12.3 Å². The molecule has 0 aliphatic rings. The lowest BCUT2D eigenvalue weighted by atomic mass is 10.3. The molecule has 0 unspecified atom stereocenters. The number of rotatable bonds is 4. The van der Waals surface area contributed by atoms with E-state index in [4.69, 9.17) is 6.42 Å². The molecule has 1 amide bonds. The van der Waals surface area contributed by atoms with E-state index in [1.165, 1.54) is 0 Å². The molecule has 3 nitrogen and oxygen atoms in total. The van der Waals surface area contributed by atoms with E-state index >= 15 is 0 Å². The van der Waals surface area contributed by atoms with E-state index in [0.717, 1.165) is 15.6 Å². The molecule has 0 saturated heterocycles. The fourth-order valence-electron chi connectivity index (χ4n) is 1.28. The molecule has 0 saturated carbocycles. The van der Waals surface area contributed by atoms with Crippen LogP contribution in [0.4, 0.5) is 0 Å². The molecular weight excluding hydrogens is 252 g/mol. The van der Waals surface area contributed by atoms with Crippen molar-refractivity contribution in [1.82, 2.24) is 10.3 Å². The van der Waals surface area contributed by atoms with Crippen molar-refractivity contribution in [3.8, 4) is 22.2 Å². The van der Waals surface area contributed by atoms with E-state index in [1.54, 1.807) is 22.7 Å². The van der Waals surface area contributed by atoms with Crippen molar-refractivity contribution >= 4 is 28.6 Å². The number of hydrogen-bond acceptors (Lipinski definition) is 4. The Morgan fingerprint density at radius 3 is 3.12 bits per heavy atom. The number of amides is 1. The molecule has 0 aromatic carbocycles. The van der Waals surface area contributed by atoms with Crippen LogP contribution in [0.2, 0.25) is 0 Å². The normalized spacial score (nSPS) is 9.82. The van der Waals surface area contributed by atoms with Gasteiger partial charge in [0.25, 0.3) is 0 Å². The quantitative estimate of drug-likeness (QED) is 0.858. The Kier molecular flexibility index (Phi) is 3.91. The van der Waals surface area contributed by atoms with Gasteiger partial charge in [-0.25, -0.2) is 4.98 Å². The third kappa shape index (κ3) is 3.16. The third-order valence-corrected chi connectivity index (χ3v) is 3.94. The van der Waals surface area contributed by atoms with Crippen LogP contribution in [-0.4, -0.2) is 17.4 Å². The Labute approximate surface area is 108 Å². The number of thiophene rings is 1. The highest BCUT2D eigenvalue weighted by Gasteiger charge is 2.08. The first-order valence-corrected chi connectivity index (χ1v) is 6.74. The highest BCUT2D eigenvalue weighted by Crippen LogP contribution is 2.27. The Morgan fingerprint density at radius 2 is 2.41 bits per heavy atom. The zero-order chi connectivity index (χ0) is 12.1. The first-order valence-electron chi connectivity index (χ1n) is 4.98. The molecule has 86 valence electrons. The summed E-state index contributed by atoms with van der Waals surface area (Å²) in [6, 6.07) is 4.01. The van der Waals surface area contributed by atoms with Gasteiger partial charge in [0.15, 0.2) is 0 Å². The Balaban J connectivity index is 2.00. The summed E-state index contributed by atoms with van der Waals surface area (Å²) >= 11 is 3.20. The summed E-state index contributed by atoms with van der Waals surface area (Å²) in [5.74, 6) is 2.27. The number of hydrogen-bond donors (Lipinski definition) is 1.